The average Bonchev–Trinajstić information content (AvgIpc) is 2.67. The van der Waals surface area contributed by atoms with Crippen LogP contribution in [0.1, 0.15) is 46.1 Å². The van der Waals surface area contributed by atoms with Gasteiger partial charge in [0.1, 0.15) is 0 Å². The zero-order valence-corrected chi connectivity index (χ0v) is 11.4. The average molecular weight is 226 g/mol. The molecule has 0 nitrogen and oxygen atoms in total. The highest BCUT2D eigenvalue weighted by molar-refractivity contribution is 5.78. The minimum absolute atomic E-state index is 0.665. The second-order valence-electron chi connectivity index (χ2n) is 5.16. The summed E-state index contributed by atoms with van der Waals surface area (Å²) in [6.07, 6.45) is 2.29. The van der Waals surface area contributed by atoms with E-state index < -0.39 is 0 Å². The van der Waals surface area contributed by atoms with Crippen molar-refractivity contribution in [2.75, 3.05) is 0 Å². The Morgan fingerprint density at radius 2 is 1.76 bits per heavy atom. The lowest BCUT2D eigenvalue weighted by Crippen LogP contribution is -1.93. The topological polar surface area (TPSA) is 0 Å². The molecule has 0 atom stereocenters. The van der Waals surface area contributed by atoms with Crippen LogP contribution in [0.25, 0.3) is 5.57 Å². The summed E-state index contributed by atoms with van der Waals surface area (Å²) in [5.74, 6) is 0.665. The molecule has 1 aliphatic carbocycles. The van der Waals surface area contributed by atoms with Crippen molar-refractivity contribution in [3.63, 3.8) is 0 Å². The highest BCUT2D eigenvalue weighted by Gasteiger charge is 2.22. The second kappa shape index (κ2) is 4.91. The Hall–Kier alpha value is -1.30. The smallest absolute Gasteiger partial charge is 0.00499 e. The van der Waals surface area contributed by atoms with Crippen LogP contribution in [0, 0.1) is 5.92 Å². The predicted molar refractivity (Wildman–Crippen MR) is 75.8 cm³/mol. The number of allylic oxidation sites excluding steroid dienone is 4. The number of hydrogen-bond donors (Lipinski definition) is 0. The van der Waals surface area contributed by atoms with E-state index in [0.29, 0.717) is 5.92 Å². The molecule has 0 heteroatoms. The minimum Gasteiger partial charge on any atom is -0.0622 e. The molecule has 0 bridgehead atoms. The largest absolute Gasteiger partial charge is 0.0622 e. The van der Waals surface area contributed by atoms with Crippen LogP contribution in [-0.2, 0) is 0 Å². The third-order valence-electron chi connectivity index (χ3n) is 3.84. The monoisotopic (exact) mass is 226 g/mol. The Morgan fingerprint density at radius 3 is 2.29 bits per heavy atom. The van der Waals surface area contributed by atoms with Crippen LogP contribution in [0.15, 0.2) is 47.1 Å². The summed E-state index contributed by atoms with van der Waals surface area (Å²) in [6.45, 7) is 9.18. The van der Waals surface area contributed by atoms with Crippen LogP contribution in [0.5, 0.6) is 0 Å². The maximum Gasteiger partial charge on any atom is -0.00499 e. The summed E-state index contributed by atoms with van der Waals surface area (Å²) < 4.78 is 0. The van der Waals surface area contributed by atoms with E-state index in [1.165, 1.54) is 5.56 Å². The van der Waals surface area contributed by atoms with Crippen molar-refractivity contribution >= 4 is 5.57 Å². The summed E-state index contributed by atoms with van der Waals surface area (Å²) >= 11 is 0. The van der Waals surface area contributed by atoms with Gasteiger partial charge in [0.15, 0.2) is 0 Å². The molecule has 0 saturated carbocycles. The molecule has 17 heavy (non-hydrogen) atoms. The molecule has 1 aromatic carbocycles. The van der Waals surface area contributed by atoms with E-state index in [4.69, 9.17) is 0 Å². The highest BCUT2D eigenvalue weighted by Crippen LogP contribution is 2.42. The lowest BCUT2D eigenvalue weighted by atomic mass is 9.96. The van der Waals surface area contributed by atoms with Crippen LogP contribution in [0.4, 0.5) is 0 Å². The van der Waals surface area contributed by atoms with Crippen molar-refractivity contribution in [2.24, 2.45) is 5.92 Å². The van der Waals surface area contributed by atoms with Crippen molar-refractivity contribution in [3.8, 4) is 0 Å². The molecule has 0 unspecified atom stereocenters. The van der Waals surface area contributed by atoms with E-state index in [2.05, 4.69) is 58.0 Å². The predicted octanol–water partition coefficient (Wildman–Crippen LogP) is 5.23. The van der Waals surface area contributed by atoms with Gasteiger partial charge in [0.2, 0.25) is 0 Å². The van der Waals surface area contributed by atoms with Crippen molar-refractivity contribution in [1.82, 2.24) is 0 Å². The molecule has 1 aromatic rings. The van der Waals surface area contributed by atoms with E-state index in [1.54, 1.807) is 22.3 Å². The molecule has 90 valence electrons. The molecule has 0 aromatic heterocycles. The van der Waals surface area contributed by atoms with E-state index in [1.807, 2.05) is 0 Å². The molecule has 2 rings (SSSR count). The number of hydrogen-bond acceptors (Lipinski definition) is 0. The summed E-state index contributed by atoms with van der Waals surface area (Å²) in [6, 6.07) is 10.8. The molecule has 0 radical (unpaired) electrons. The second-order valence-corrected chi connectivity index (χ2v) is 5.16. The normalized spacial score (nSPS) is 16.3. The molecular formula is C17H22. The molecule has 0 fully saturated rings. The zero-order chi connectivity index (χ0) is 12.4. The van der Waals surface area contributed by atoms with Crippen molar-refractivity contribution in [1.29, 1.82) is 0 Å². The minimum atomic E-state index is 0.665. The van der Waals surface area contributed by atoms with Crippen LogP contribution in [-0.4, -0.2) is 0 Å². The van der Waals surface area contributed by atoms with Gasteiger partial charge in [-0.2, -0.15) is 0 Å². The first-order chi connectivity index (χ1) is 8.15. The Bertz CT molecular complexity index is 458. The summed E-state index contributed by atoms with van der Waals surface area (Å²) in [7, 11) is 0. The Morgan fingerprint density at radius 1 is 1.12 bits per heavy atom. The molecule has 0 amide bonds. The summed E-state index contributed by atoms with van der Waals surface area (Å²) in [5, 5.41) is 0. The van der Waals surface area contributed by atoms with Crippen LogP contribution in [0.2, 0.25) is 0 Å². The lowest BCUT2D eigenvalue weighted by Gasteiger charge is -2.09. The quantitative estimate of drug-likeness (QED) is 0.662. The van der Waals surface area contributed by atoms with E-state index in [9.17, 15) is 0 Å². The molecule has 0 saturated heterocycles. The first-order valence-corrected chi connectivity index (χ1v) is 6.62. The maximum atomic E-state index is 2.31. The first kappa shape index (κ1) is 12.2. The first-order valence-electron chi connectivity index (χ1n) is 6.62. The van der Waals surface area contributed by atoms with Gasteiger partial charge in [-0.3, -0.25) is 0 Å². The Balaban J connectivity index is 2.42. The fourth-order valence-corrected chi connectivity index (χ4v) is 2.88. The summed E-state index contributed by atoms with van der Waals surface area (Å²) in [4.78, 5) is 0. The Labute approximate surface area is 105 Å². The van der Waals surface area contributed by atoms with Gasteiger partial charge in [-0.25, -0.2) is 0 Å². The van der Waals surface area contributed by atoms with Crippen LogP contribution in [0.3, 0.4) is 0 Å². The van der Waals surface area contributed by atoms with Crippen molar-refractivity contribution in [2.45, 2.75) is 40.5 Å². The Kier molecular flexibility index (Phi) is 3.51. The third kappa shape index (κ3) is 2.22. The van der Waals surface area contributed by atoms with Crippen molar-refractivity contribution in [3.05, 3.63) is 52.6 Å². The van der Waals surface area contributed by atoms with Crippen LogP contribution >= 0.6 is 0 Å². The van der Waals surface area contributed by atoms with Gasteiger partial charge in [0.05, 0.1) is 0 Å². The van der Waals surface area contributed by atoms with Gasteiger partial charge >= 0.3 is 0 Å². The van der Waals surface area contributed by atoms with Crippen LogP contribution < -0.4 is 0 Å². The highest BCUT2D eigenvalue weighted by atomic mass is 14.3. The zero-order valence-electron chi connectivity index (χ0n) is 11.4. The number of benzene rings is 1. The van der Waals surface area contributed by atoms with Gasteiger partial charge in [0.25, 0.3) is 0 Å². The molecule has 0 spiro atoms. The summed E-state index contributed by atoms with van der Waals surface area (Å²) in [5.41, 5.74) is 7.69. The third-order valence-corrected chi connectivity index (χ3v) is 3.84. The maximum absolute atomic E-state index is 2.31. The van der Waals surface area contributed by atoms with Gasteiger partial charge in [-0.15, -0.1) is 0 Å². The van der Waals surface area contributed by atoms with Crippen molar-refractivity contribution < 1.29 is 0 Å². The lowest BCUT2D eigenvalue weighted by molar-refractivity contribution is 0.747. The fourth-order valence-electron chi connectivity index (χ4n) is 2.88. The number of rotatable bonds is 3. The van der Waals surface area contributed by atoms with Gasteiger partial charge in [0, 0.05) is 0 Å². The molecule has 0 aliphatic heterocycles. The molecular weight excluding hydrogens is 204 g/mol. The van der Waals surface area contributed by atoms with E-state index in [0.717, 1.165) is 12.8 Å². The molecule has 0 N–H and O–H groups in total. The SMILES string of the molecule is CCC1=C(c2ccccc2)CC(C(C)C)=C1C. The van der Waals surface area contributed by atoms with Gasteiger partial charge in [-0.1, -0.05) is 56.7 Å². The van der Waals surface area contributed by atoms with E-state index >= 15 is 0 Å². The standard InChI is InChI=1S/C17H22/c1-5-15-13(4)16(12(2)3)11-17(15)14-9-7-6-8-10-14/h6-10,12H,5,11H2,1-4H3. The van der Waals surface area contributed by atoms with E-state index in [-0.39, 0.29) is 0 Å². The van der Waals surface area contributed by atoms with Gasteiger partial charge in [-0.05, 0) is 48.0 Å². The molecule has 1 aliphatic rings. The molecule has 0 heterocycles. The fraction of sp³-hybridized carbons (Fsp3) is 0.412. The van der Waals surface area contributed by atoms with Gasteiger partial charge < -0.3 is 0 Å².